The van der Waals surface area contributed by atoms with E-state index in [1.165, 1.54) is 0 Å². The highest BCUT2D eigenvalue weighted by Gasteiger charge is 2.28. The van der Waals surface area contributed by atoms with Crippen LogP contribution in [0.15, 0.2) is 71.7 Å². The van der Waals surface area contributed by atoms with Gasteiger partial charge in [-0.15, -0.1) is 0 Å². The SMILES string of the molecule is Cc1cc(C)cc(NC(=O)C2CCN(c3nc4cccnc4n(Cc4ccccc4)c3=O)CC2)c1. The zero-order chi connectivity index (χ0) is 24.4. The molecule has 1 aliphatic rings. The average molecular weight is 468 g/mol. The van der Waals surface area contributed by atoms with E-state index < -0.39 is 0 Å². The van der Waals surface area contributed by atoms with Crippen LogP contribution < -0.4 is 15.8 Å². The van der Waals surface area contributed by atoms with Gasteiger partial charge in [0, 0.05) is 30.9 Å². The van der Waals surface area contributed by atoms with Crippen molar-refractivity contribution in [3.8, 4) is 0 Å². The number of nitrogens with one attached hydrogen (secondary N) is 1. The molecule has 7 nitrogen and oxygen atoms in total. The summed E-state index contributed by atoms with van der Waals surface area (Å²) < 4.78 is 1.70. The molecule has 1 aliphatic heterocycles. The van der Waals surface area contributed by atoms with E-state index in [0.717, 1.165) is 22.4 Å². The van der Waals surface area contributed by atoms with Gasteiger partial charge in [-0.05, 0) is 67.6 Å². The number of rotatable bonds is 5. The van der Waals surface area contributed by atoms with Gasteiger partial charge in [0.15, 0.2) is 11.5 Å². The van der Waals surface area contributed by atoms with Gasteiger partial charge < -0.3 is 10.2 Å². The fraction of sp³-hybridized carbons (Fsp3) is 0.286. The lowest BCUT2D eigenvalue weighted by Crippen LogP contribution is -2.42. The highest BCUT2D eigenvalue weighted by Crippen LogP contribution is 2.24. The molecule has 1 N–H and O–H groups in total. The maximum Gasteiger partial charge on any atom is 0.295 e. The largest absolute Gasteiger partial charge is 0.352 e. The van der Waals surface area contributed by atoms with Crippen molar-refractivity contribution < 1.29 is 4.79 Å². The zero-order valence-electron chi connectivity index (χ0n) is 20.1. The minimum absolute atomic E-state index is 0.0341. The summed E-state index contributed by atoms with van der Waals surface area (Å²) in [5.74, 6) is 0.363. The third kappa shape index (κ3) is 4.94. The monoisotopic (exact) mass is 467 g/mol. The summed E-state index contributed by atoms with van der Waals surface area (Å²) >= 11 is 0. The number of amides is 1. The first-order valence-electron chi connectivity index (χ1n) is 12.0. The number of anilines is 2. The molecule has 1 amide bonds. The number of pyridine rings is 1. The fourth-order valence-electron chi connectivity index (χ4n) is 4.83. The Hall–Kier alpha value is -4.00. The summed E-state index contributed by atoms with van der Waals surface area (Å²) in [4.78, 5) is 37.6. The predicted octanol–water partition coefficient (Wildman–Crippen LogP) is 4.31. The Morgan fingerprint density at radius 1 is 1.00 bits per heavy atom. The molecule has 2 aromatic carbocycles. The highest BCUT2D eigenvalue weighted by molar-refractivity contribution is 5.93. The predicted molar refractivity (Wildman–Crippen MR) is 139 cm³/mol. The molecule has 0 bridgehead atoms. The summed E-state index contributed by atoms with van der Waals surface area (Å²) in [6, 6.07) is 19.7. The van der Waals surface area contributed by atoms with E-state index in [9.17, 15) is 9.59 Å². The molecule has 7 heteroatoms. The molecule has 0 unspecified atom stereocenters. The first kappa shape index (κ1) is 22.8. The summed E-state index contributed by atoms with van der Waals surface area (Å²) in [6.07, 6.45) is 3.02. The molecule has 0 radical (unpaired) electrons. The van der Waals surface area contributed by atoms with E-state index in [2.05, 4.69) is 21.4 Å². The molecule has 0 atom stereocenters. The van der Waals surface area contributed by atoms with Crippen LogP contribution in [-0.4, -0.2) is 33.5 Å². The standard InChI is InChI=1S/C28H29N5O2/c1-19-15-20(2)17-23(16-19)30-27(34)22-10-13-32(14-11-22)26-28(35)33(18-21-7-4-3-5-8-21)25-24(31-26)9-6-12-29-25/h3-9,12,15-17,22H,10-11,13-14,18H2,1-2H3,(H,30,34). The Balaban J connectivity index is 1.35. The van der Waals surface area contributed by atoms with Crippen LogP contribution in [0.3, 0.4) is 0 Å². The number of fused-ring (bicyclic) bond motifs is 1. The number of benzene rings is 2. The van der Waals surface area contributed by atoms with Gasteiger partial charge >= 0.3 is 0 Å². The Morgan fingerprint density at radius 2 is 1.71 bits per heavy atom. The van der Waals surface area contributed by atoms with Crippen molar-refractivity contribution in [3.63, 3.8) is 0 Å². The normalized spacial score (nSPS) is 14.3. The van der Waals surface area contributed by atoms with Gasteiger partial charge in [0.1, 0.15) is 5.52 Å². The highest BCUT2D eigenvalue weighted by atomic mass is 16.2. The number of piperidine rings is 1. The lowest BCUT2D eigenvalue weighted by atomic mass is 9.95. The first-order valence-corrected chi connectivity index (χ1v) is 12.0. The van der Waals surface area contributed by atoms with Gasteiger partial charge in [-0.1, -0.05) is 36.4 Å². The van der Waals surface area contributed by atoms with Crippen molar-refractivity contribution in [3.05, 3.63) is 93.9 Å². The molecular formula is C28H29N5O2. The van der Waals surface area contributed by atoms with Crippen molar-refractivity contribution >= 4 is 28.6 Å². The molecule has 178 valence electrons. The fourth-order valence-corrected chi connectivity index (χ4v) is 4.83. The second-order valence-corrected chi connectivity index (χ2v) is 9.29. The van der Waals surface area contributed by atoms with Crippen molar-refractivity contribution in [1.29, 1.82) is 0 Å². The van der Waals surface area contributed by atoms with Crippen molar-refractivity contribution in [2.45, 2.75) is 33.2 Å². The van der Waals surface area contributed by atoms with Crippen LogP contribution in [-0.2, 0) is 11.3 Å². The Bertz CT molecular complexity index is 1400. The second kappa shape index (κ2) is 9.70. The number of aryl methyl sites for hydroxylation is 2. The number of hydrogen-bond acceptors (Lipinski definition) is 5. The van der Waals surface area contributed by atoms with Gasteiger partial charge in [-0.25, -0.2) is 9.97 Å². The molecule has 0 spiro atoms. The molecular weight excluding hydrogens is 438 g/mol. The third-order valence-electron chi connectivity index (χ3n) is 6.52. The van der Waals surface area contributed by atoms with Gasteiger partial charge in [-0.3, -0.25) is 14.2 Å². The van der Waals surface area contributed by atoms with Crippen LogP contribution in [0.2, 0.25) is 0 Å². The van der Waals surface area contributed by atoms with Crippen LogP contribution in [0, 0.1) is 19.8 Å². The zero-order valence-corrected chi connectivity index (χ0v) is 20.1. The molecule has 1 fully saturated rings. The third-order valence-corrected chi connectivity index (χ3v) is 6.52. The molecule has 0 aliphatic carbocycles. The van der Waals surface area contributed by atoms with E-state index in [1.807, 2.05) is 73.3 Å². The maximum absolute atomic E-state index is 13.5. The van der Waals surface area contributed by atoms with Gasteiger partial charge in [0.25, 0.3) is 5.56 Å². The van der Waals surface area contributed by atoms with Crippen LogP contribution in [0.1, 0.15) is 29.5 Å². The number of nitrogens with zero attached hydrogens (tertiary/aromatic N) is 4. The summed E-state index contributed by atoms with van der Waals surface area (Å²) in [7, 11) is 0. The van der Waals surface area contributed by atoms with Gasteiger partial charge in [-0.2, -0.15) is 0 Å². The van der Waals surface area contributed by atoms with E-state index in [-0.39, 0.29) is 17.4 Å². The van der Waals surface area contributed by atoms with Crippen LogP contribution in [0.5, 0.6) is 0 Å². The van der Waals surface area contributed by atoms with E-state index >= 15 is 0 Å². The van der Waals surface area contributed by atoms with Crippen molar-refractivity contribution in [1.82, 2.24) is 14.5 Å². The minimum atomic E-state index is -0.154. The number of carbonyl (C=O) groups is 1. The van der Waals surface area contributed by atoms with E-state index in [1.54, 1.807) is 10.8 Å². The van der Waals surface area contributed by atoms with Gasteiger partial charge in [0.2, 0.25) is 5.91 Å². The number of hydrogen-bond donors (Lipinski definition) is 1. The Morgan fingerprint density at radius 3 is 2.43 bits per heavy atom. The van der Waals surface area contributed by atoms with Crippen LogP contribution in [0.25, 0.3) is 11.2 Å². The van der Waals surface area contributed by atoms with Crippen LogP contribution >= 0.6 is 0 Å². The first-order chi connectivity index (χ1) is 17.0. The van der Waals surface area contributed by atoms with Crippen molar-refractivity contribution in [2.24, 2.45) is 5.92 Å². The topological polar surface area (TPSA) is 80.1 Å². The number of carbonyl (C=O) groups excluding carboxylic acids is 1. The van der Waals surface area contributed by atoms with Crippen molar-refractivity contribution in [2.75, 3.05) is 23.3 Å². The molecule has 3 heterocycles. The Kier molecular flexibility index (Phi) is 6.31. The summed E-state index contributed by atoms with van der Waals surface area (Å²) in [6.45, 7) is 5.68. The molecule has 0 saturated carbocycles. The second-order valence-electron chi connectivity index (χ2n) is 9.29. The molecule has 35 heavy (non-hydrogen) atoms. The lowest BCUT2D eigenvalue weighted by molar-refractivity contribution is -0.120. The Labute approximate surface area is 204 Å². The summed E-state index contributed by atoms with van der Waals surface area (Å²) in [5, 5.41) is 3.07. The minimum Gasteiger partial charge on any atom is -0.352 e. The average Bonchev–Trinajstić information content (AvgIpc) is 2.86. The van der Waals surface area contributed by atoms with Crippen LogP contribution in [0.4, 0.5) is 11.5 Å². The lowest BCUT2D eigenvalue weighted by Gasteiger charge is -2.32. The number of aromatic nitrogens is 3. The summed E-state index contributed by atoms with van der Waals surface area (Å²) in [5.41, 5.74) is 5.22. The maximum atomic E-state index is 13.5. The smallest absolute Gasteiger partial charge is 0.295 e. The molecule has 2 aromatic heterocycles. The molecule has 1 saturated heterocycles. The molecule has 5 rings (SSSR count). The molecule has 4 aromatic rings. The van der Waals surface area contributed by atoms with Gasteiger partial charge in [0.05, 0.1) is 6.54 Å². The van der Waals surface area contributed by atoms with E-state index in [0.29, 0.717) is 49.5 Å². The van der Waals surface area contributed by atoms with E-state index in [4.69, 9.17) is 0 Å². The quantitative estimate of drug-likeness (QED) is 0.473.